The molecule has 5 heteroatoms. The van der Waals surface area contributed by atoms with Crippen molar-refractivity contribution < 1.29 is 4.79 Å². The molecule has 2 rings (SSSR count). The summed E-state index contributed by atoms with van der Waals surface area (Å²) in [6.45, 7) is 3.68. The maximum Gasteiger partial charge on any atom is 0.216 e. The van der Waals surface area contributed by atoms with Crippen molar-refractivity contribution in [2.24, 2.45) is 0 Å². The first-order valence-electron chi connectivity index (χ1n) is 5.55. The molecule has 0 fully saturated rings. The lowest BCUT2D eigenvalue weighted by Gasteiger charge is -2.02. The molecule has 4 nitrogen and oxygen atoms in total. The Labute approximate surface area is 104 Å². The molecule has 0 aliphatic rings. The largest absolute Gasteiger partial charge is 0.355 e. The minimum atomic E-state index is 0.00628. The number of nitrogens with zero attached hydrogens (tertiary/aromatic N) is 1. The Balaban J connectivity index is 1.81. The fourth-order valence-electron chi connectivity index (χ4n) is 1.52. The second kappa shape index (κ2) is 5.75. The lowest BCUT2D eigenvalue weighted by molar-refractivity contribution is -0.118. The number of fused-ring (bicyclic) bond motifs is 1. The van der Waals surface area contributed by atoms with E-state index in [1.165, 1.54) is 11.6 Å². The van der Waals surface area contributed by atoms with Crippen LogP contribution in [0.5, 0.6) is 0 Å². The molecule has 1 heterocycles. The first-order chi connectivity index (χ1) is 8.25. The molecule has 1 aromatic carbocycles. The highest BCUT2D eigenvalue weighted by atomic mass is 32.1. The average Bonchev–Trinajstić information content (AvgIpc) is 2.70. The summed E-state index contributed by atoms with van der Waals surface area (Å²) >= 11 is 1.70. The highest BCUT2D eigenvalue weighted by Crippen LogP contribution is 2.20. The van der Waals surface area contributed by atoms with Gasteiger partial charge in [-0.15, -0.1) is 11.3 Å². The van der Waals surface area contributed by atoms with Crippen molar-refractivity contribution >= 4 is 27.5 Å². The van der Waals surface area contributed by atoms with Crippen molar-refractivity contribution in [3.05, 3.63) is 29.3 Å². The molecule has 1 aromatic heterocycles. The fraction of sp³-hybridized carbons (Fsp3) is 0.333. The normalized spacial score (nSPS) is 10.6. The van der Waals surface area contributed by atoms with Crippen molar-refractivity contribution in [1.29, 1.82) is 0 Å². The van der Waals surface area contributed by atoms with E-state index in [1.54, 1.807) is 11.3 Å². The van der Waals surface area contributed by atoms with E-state index in [2.05, 4.69) is 21.7 Å². The zero-order valence-electron chi connectivity index (χ0n) is 9.69. The quantitative estimate of drug-likeness (QED) is 0.790. The molecule has 0 saturated heterocycles. The molecule has 2 aromatic rings. The van der Waals surface area contributed by atoms with Crippen molar-refractivity contribution in [1.82, 2.24) is 15.6 Å². The number of benzene rings is 1. The van der Waals surface area contributed by atoms with Crippen LogP contribution in [0, 0.1) is 0 Å². The van der Waals surface area contributed by atoms with E-state index in [9.17, 15) is 4.79 Å². The number of aromatic nitrogens is 1. The van der Waals surface area contributed by atoms with Gasteiger partial charge in [-0.25, -0.2) is 4.98 Å². The summed E-state index contributed by atoms with van der Waals surface area (Å²) < 4.78 is 1.21. The summed E-state index contributed by atoms with van der Waals surface area (Å²) in [4.78, 5) is 15.2. The van der Waals surface area contributed by atoms with Gasteiger partial charge in [0.05, 0.1) is 10.2 Å². The van der Waals surface area contributed by atoms with Crippen LogP contribution < -0.4 is 10.6 Å². The van der Waals surface area contributed by atoms with Crippen LogP contribution in [0.4, 0.5) is 0 Å². The maximum absolute atomic E-state index is 10.6. The van der Waals surface area contributed by atoms with Crippen LogP contribution in [0.3, 0.4) is 0 Å². The predicted molar refractivity (Wildman–Crippen MR) is 70.0 cm³/mol. The molecule has 17 heavy (non-hydrogen) atoms. The Hall–Kier alpha value is -1.46. The summed E-state index contributed by atoms with van der Waals surface area (Å²) in [5, 5.41) is 7.07. The summed E-state index contributed by atoms with van der Waals surface area (Å²) in [5.74, 6) is 0.00628. The van der Waals surface area contributed by atoms with Gasteiger partial charge in [-0.3, -0.25) is 4.79 Å². The number of nitrogens with one attached hydrogen (secondary N) is 2. The van der Waals surface area contributed by atoms with Crippen LogP contribution in [0.2, 0.25) is 0 Å². The molecule has 0 spiro atoms. The smallest absolute Gasteiger partial charge is 0.216 e. The second-order valence-corrected chi connectivity index (χ2v) is 4.85. The second-order valence-electron chi connectivity index (χ2n) is 3.74. The molecule has 0 aliphatic carbocycles. The summed E-state index contributed by atoms with van der Waals surface area (Å²) in [6, 6.07) is 8.12. The molecule has 90 valence electrons. The maximum atomic E-state index is 10.6. The Morgan fingerprint density at radius 2 is 2.18 bits per heavy atom. The van der Waals surface area contributed by atoms with E-state index >= 15 is 0 Å². The molecule has 0 aliphatic heterocycles. The van der Waals surface area contributed by atoms with Crippen LogP contribution >= 0.6 is 11.3 Å². The Bertz CT molecular complexity index is 476. The van der Waals surface area contributed by atoms with Gasteiger partial charge in [0.1, 0.15) is 5.01 Å². The highest BCUT2D eigenvalue weighted by molar-refractivity contribution is 7.18. The van der Waals surface area contributed by atoms with Gasteiger partial charge in [0, 0.05) is 26.6 Å². The van der Waals surface area contributed by atoms with Crippen molar-refractivity contribution in [2.75, 3.05) is 13.1 Å². The van der Waals surface area contributed by atoms with Crippen LogP contribution in [-0.2, 0) is 11.3 Å². The van der Waals surface area contributed by atoms with E-state index in [0.717, 1.165) is 23.6 Å². The van der Waals surface area contributed by atoms with Gasteiger partial charge in [-0.2, -0.15) is 0 Å². The number of para-hydroxylation sites is 1. The molecule has 0 radical (unpaired) electrons. The lowest BCUT2D eigenvalue weighted by Crippen LogP contribution is -2.29. The molecular weight excluding hydrogens is 234 g/mol. The molecule has 2 N–H and O–H groups in total. The van der Waals surface area contributed by atoms with Gasteiger partial charge in [0.2, 0.25) is 5.91 Å². The number of carbonyl (C=O) groups is 1. The molecule has 1 amide bonds. The van der Waals surface area contributed by atoms with Gasteiger partial charge < -0.3 is 10.6 Å². The minimum Gasteiger partial charge on any atom is -0.355 e. The van der Waals surface area contributed by atoms with Gasteiger partial charge >= 0.3 is 0 Å². The number of carbonyl (C=O) groups excluding carboxylic acids is 1. The van der Waals surface area contributed by atoms with E-state index in [1.807, 2.05) is 18.2 Å². The first kappa shape index (κ1) is 12.0. The molecular formula is C12H15N3OS. The fourth-order valence-corrected chi connectivity index (χ4v) is 2.45. The van der Waals surface area contributed by atoms with Crippen LogP contribution in [-0.4, -0.2) is 24.0 Å². The van der Waals surface area contributed by atoms with Crippen molar-refractivity contribution in [3.63, 3.8) is 0 Å². The van der Waals surface area contributed by atoms with E-state index in [4.69, 9.17) is 0 Å². The van der Waals surface area contributed by atoms with E-state index in [-0.39, 0.29) is 5.91 Å². The summed E-state index contributed by atoms with van der Waals surface area (Å²) in [6.07, 6.45) is 0. The topological polar surface area (TPSA) is 54.0 Å². The van der Waals surface area contributed by atoms with Gasteiger partial charge in [-0.1, -0.05) is 12.1 Å². The SMILES string of the molecule is CC(=O)NCCNCc1nc2ccccc2s1. The van der Waals surface area contributed by atoms with Gasteiger partial charge in [0.15, 0.2) is 0 Å². The van der Waals surface area contributed by atoms with Crippen molar-refractivity contribution in [3.8, 4) is 0 Å². The van der Waals surface area contributed by atoms with Crippen LogP contribution in [0.15, 0.2) is 24.3 Å². The van der Waals surface area contributed by atoms with E-state index in [0.29, 0.717) is 6.54 Å². The highest BCUT2D eigenvalue weighted by Gasteiger charge is 2.01. The number of hydrogen-bond donors (Lipinski definition) is 2. The number of rotatable bonds is 5. The average molecular weight is 249 g/mol. The molecule has 0 saturated carbocycles. The Morgan fingerprint density at radius 1 is 1.35 bits per heavy atom. The number of hydrogen-bond acceptors (Lipinski definition) is 4. The summed E-state index contributed by atoms with van der Waals surface area (Å²) in [5.41, 5.74) is 1.05. The van der Waals surface area contributed by atoms with Crippen LogP contribution in [0.25, 0.3) is 10.2 Å². The Morgan fingerprint density at radius 3 is 2.94 bits per heavy atom. The van der Waals surface area contributed by atoms with Gasteiger partial charge in [0.25, 0.3) is 0 Å². The Kier molecular flexibility index (Phi) is 4.06. The standard InChI is InChI=1S/C12H15N3OS/c1-9(16)14-7-6-13-8-12-15-10-4-2-3-5-11(10)17-12/h2-5,13H,6-8H2,1H3,(H,14,16). The monoisotopic (exact) mass is 249 g/mol. The van der Waals surface area contributed by atoms with Gasteiger partial charge in [-0.05, 0) is 12.1 Å². The minimum absolute atomic E-state index is 0.00628. The zero-order chi connectivity index (χ0) is 12.1. The third kappa shape index (κ3) is 3.51. The number of thiazole rings is 1. The first-order valence-corrected chi connectivity index (χ1v) is 6.37. The lowest BCUT2D eigenvalue weighted by atomic mass is 10.3. The van der Waals surface area contributed by atoms with Crippen molar-refractivity contribution in [2.45, 2.75) is 13.5 Å². The summed E-state index contributed by atoms with van der Waals surface area (Å²) in [7, 11) is 0. The third-order valence-corrected chi connectivity index (χ3v) is 3.33. The molecule has 0 atom stereocenters. The van der Waals surface area contributed by atoms with Crippen LogP contribution in [0.1, 0.15) is 11.9 Å². The number of amides is 1. The zero-order valence-corrected chi connectivity index (χ0v) is 10.5. The van der Waals surface area contributed by atoms with E-state index < -0.39 is 0 Å². The third-order valence-electron chi connectivity index (χ3n) is 2.29. The predicted octanol–water partition coefficient (Wildman–Crippen LogP) is 1.52. The molecule has 0 bridgehead atoms. The molecule has 0 unspecified atom stereocenters.